The number of carbonyl (C=O) groups is 1. The first-order valence-electron chi connectivity index (χ1n) is 5.21. The number of fused-ring (bicyclic) bond motifs is 1. The number of rotatable bonds is 3. The number of hydrogen-bond acceptors (Lipinski definition) is 3. The highest BCUT2D eigenvalue weighted by Gasteiger charge is 2.15. The van der Waals surface area contributed by atoms with Gasteiger partial charge in [-0.05, 0) is 19.1 Å². The molecule has 1 heterocycles. The molecule has 1 unspecified atom stereocenters. The molecule has 0 spiro atoms. The Kier molecular flexibility index (Phi) is 3.36. The maximum atomic E-state index is 11.7. The molecule has 4 nitrogen and oxygen atoms in total. The maximum Gasteiger partial charge on any atom is 0.287 e. The van der Waals surface area contributed by atoms with Crippen molar-refractivity contribution < 1.29 is 14.3 Å². The van der Waals surface area contributed by atoms with Crippen molar-refractivity contribution in [3.05, 3.63) is 35.0 Å². The molecule has 2 rings (SSSR count). The minimum absolute atomic E-state index is 0.118. The van der Waals surface area contributed by atoms with Crippen molar-refractivity contribution in [2.45, 2.75) is 13.0 Å². The van der Waals surface area contributed by atoms with Crippen LogP contribution in [0.5, 0.6) is 0 Å². The molecule has 0 saturated carbocycles. The van der Waals surface area contributed by atoms with Crippen LogP contribution in [0.3, 0.4) is 0 Å². The summed E-state index contributed by atoms with van der Waals surface area (Å²) in [5, 5.41) is 12.7. The van der Waals surface area contributed by atoms with E-state index in [0.29, 0.717) is 10.6 Å². The third-order valence-corrected chi connectivity index (χ3v) is 2.67. The second-order valence-corrected chi connectivity index (χ2v) is 4.23. The summed E-state index contributed by atoms with van der Waals surface area (Å²) < 4.78 is 5.38. The van der Waals surface area contributed by atoms with Gasteiger partial charge in [0.1, 0.15) is 0 Å². The van der Waals surface area contributed by atoms with Gasteiger partial charge >= 0.3 is 0 Å². The third-order valence-electron chi connectivity index (χ3n) is 2.37. The van der Waals surface area contributed by atoms with Gasteiger partial charge in [-0.3, -0.25) is 4.79 Å². The van der Waals surface area contributed by atoms with Gasteiger partial charge < -0.3 is 14.8 Å². The van der Waals surface area contributed by atoms with Crippen LogP contribution in [0, 0.1) is 0 Å². The zero-order valence-corrected chi connectivity index (χ0v) is 9.99. The molecule has 0 aliphatic heterocycles. The normalized spacial score (nSPS) is 12.6. The first kappa shape index (κ1) is 12.0. The molecule has 5 heteroatoms. The molecule has 1 aromatic heterocycles. The Morgan fingerprint density at radius 3 is 3.00 bits per heavy atom. The molecule has 1 amide bonds. The first-order chi connectivity index (χ1) is 8.11. The largest absolute Gasteiger partial charge is 0.449 e. The van der Waals surface area contributed by atoms with Crippen LogP contribution in [-0.2, 0) is 0 Å². The van der Waals surface area contributed by atoms with Crippen molar-refractivity contribution >= 4 is 28.5 Å². The molecule has 0 aliphatic carbocycles. The fraction of sp³-hybridized carbons (Fsp3) is 0.250. The molecule has 0 bridgehead atoms. The number of nitrogens with one attached hydrogen (secondary N) is 1. The number of carbonyl (C=O) groups excluding carboxylic acids is 1. The number of hydrogen-bond donors (Lipinski definition) is 2. The maximum absolute atomic E-state index is 11.7. The van der Waals surface area contributed by atoms with E-state index in [1.165, 1.54) is 0 Å². The fourth-order valence-electron chi connectivity index (χ4n) is 1.48. The van der Waals surface area contributed by atoms with E-state index in [4.69, 9.17) is 21.1 Å². The van der Waals surface area contributed by atoms with Gasteiger partial charge in [-0.15, -0.1) is 0 Å². The summed E-state index contributed by atoms with van der Waals surface area (Å²) in [5.41, 5.74) is 0.496. The lowest BCUT2D eigenvalue weighted by molar-refractivity contribution is 0.0896. The highest BCUT2D eigenvalue weighted by atomic mass is 35.5. The summed E-state index contributed by atoms with van der Waals surface area (Å²) in [6, 6.07) is 6.62. The van der Waals surface area contributed by atoms with Crippen molar-refractivity contribution in [1.82, 2.24) is 5.32 Å². The Morgan fingerprint density at radius 2 is 2.35 bits per heavy atom. The Hall–Kier alpha value is -1.52. The highest BCUT2D eigenvalue weighted by Crippen LogP contribution is 2.26. The molecular formula is C12H12ClNO3. The molecule has 0 aliphatic rings. The average molecular weight is 254 g/mol. The predicted octanol–water partition coefficient (Wildman–Crippen LogP) is 2.20. The quantitative estimate of drug-likeness (QED) is 0.882. The molecule has 17 heavy (non-hydrogen) atoms. The van der Waals surface area contributed by atoms with Crippen LogP contribution in [0.4, 0.5) is 0 Å². The first-order valence-corrected chi connectivity index (χ1v) is 5.59. The van der Waals surface area contributed by atoms with E-state index in [2.05, 4.69) is 5.32 Å². The topological polar surface area (TPSA) is 62.5 Å². The van der Waals surface area contributed by atoms with Crippen LogP contribution < -0.4 is 5.32 Å². The smallest absolute Gasteiger partial charge is 0.287 e. The SMILES string of the molecule is CC(CO)NC(=O)c1cc2cccc(Cl)c2o1. The van der Waals surface area contributed by atoms with Crippen LogP contribution in [0.1, 0.15) is 17.5 Å². The molecule has 1 atom stereocenters. The van der Waals surface area contributed by atoms with Crippen LogP contribution in [0.2, 0.25) is 5.02 Å². The number of benzene rings is 1. The lowest BCUT2D eigenvalue weighted by atomic mass is 10.2. The summed E-state index contributed by atoms with van der Waals surface area (Å²) in [4.78, 5) is 11.7. The number of halogens is 1. The number of para-hydroxylation sites is 1. The van der Waals surface area contributed by atoms with Crippen LogP contribution >= 0.6 is 11.6 Å². The van der Waals surface area contributed by atoms with E-state index in [-0.39, 0.29) is 24.3 Å². The van der Waals surface area contributed by atoms with E-state index in [9.17, 15) is 4.79 Å². The zero-order chi connectivity index (χ0) is 12.4. The van der Waals surface area contributed by atoms with E-state index in [0.717, 1.165) is 5.39 Å². The monoisotopic (exact) mass is 253 g/mol. The van der Waals surface area contributed by atoms with Crippen molar-refractivity contribution in [3.8, 4) is 0 Å². The van der Waals surface area contributed by atoms with Crippen LogP contribution in [0.15, 0.2) is 28.7 Å². The minimum Gasteiger partial charge on any atom is -0.449 e. The molecular weight excluding hydrogens is 242 g/mol. The summed E-state index contributed by atoms with van der Waals surface area (Å²) in [5.74, 6) is -0.174. The van der Waals surface area contributed by atoms with Gasteiger partial charge in [0.25, 0.3) is 5.91 Å². The van der Waals surface area contributed by atoms with Gasteiger partial charge in [0, 0.05) is 11.4 Å². The molecule has 2 aromatic rings. The van der Waals surface area contributed by atoms with Gasteiger partial charge in [-0.2, -0.15) is 0 Å². The van der Waals surface area contributed by atoms with Crippen LogP contribution in [0.25, 0.3) is 11.0 Å². The molecule has 0 fully saturated rings. The second-order valence-electron chi connectivity index (χ2n) is 3.83. The summed E-state index contributed by atoms with van der Waals surface area (Å²) in [7, 11) is 0. The van der Waals surface area contributed by atoms with Gasteiger partial charge in [0.2, 0.25) is 0 Å². The number of aliphatic hydroxyl groups is 1. The predicted molar refractivity (Wildman–Crippen MR) is 65.2 cm³/mol. The number of furan rings is 1. The van der Waals surface area contributed by atoms with Gasteiger partial charge in [0.05, 0.1) is 11.6 Å². The number of amides is 1. The molecule has 0 radical (unpaired) electrons. The zero-order valence-electron chi connectivity index (χ0n) is 9.24. The van der Waals surface area contributed by atoms with Gasteiger partial charge in [0.15, 0.2) is 11.3 Å². The number of aliphatic hydroxyl groups excluding tert-OH is 1. The Labute approximate surface area is 103 Å². The van der Waals surface area contributed by atoms with Crippen molar-refractivity contribution in [2.24, 2.45) is 0 Å². The standard InChI is InChI=1S/C12H12ClNO3/c1-7(6-15)14-12(16)10-5-8-3-2-4-9(13)11(8)17-10/h2-5,7,15H,6H2,1H3,(H,14,16). The van der Waals surface area contributed by atoms with Crippen molar-refractivity contribution in [3.63, 3.8) is 0 Å². The average Bonchev–Trinajstić information content (AvgIpc) is 2.74. The summed E-state index contributed by atoms with van der Waals surface area (Å²) >= 11 is 5.94. The molecule has 1 aromatic carbocycles. The molecule has 2 N–H and O–H groups in total. The Morgan fingerprint density at radius 1 is 1.59 bits per heavy atom. The lowest BCUT2D eigenvalue weighted by Crippen LogP contribution is -2.34. The third kappa shape index (κ3) is 2.43. The lowest BCUT2D eigenvalue weighted by Gasteiger charge is -2.08. The van der Waals surface area contributed by atoms with Gasteiger partial charge in [-0.25, -0.2) is 0 Å². The summed E-state index contributed by atoms with van der Waals surface area (Å²) in [6.45, 7) is 1.58. The molecule has 90 valence electrons. The fourth-order valence-corrected chi connectivity index (χ4v) is 1.70. The van der Waals surface area contributed by atoms with Crippen LogP contribution in [-0.4, -0.2) is 23.7 Å². The van der Waals surface area contributed by atoms with Gasteiger partial charge in [-0.1, -0.05) is 23.7 Å². The summed E-state index contributed by atoms with van der Waals surface area (Å²) in [6.07, 6.45) is 0. The van der Waals surface area contributed by atoms with E-state index >= 15 is 0 Å². The van der Waals surface area contributed by atoms with Crippen molar-refractivity contribution in [2.75, 3.05) is 6.61 Å². The Bertz CT molecular complexity index is 550. The van der Waals surface area contributed by atoms with E-state index < -0.39 is 0 Å². The van der Waals surface area contributed by atoms with E-state index in [1.54, 1.807) is 25.1 Å². The van der Waals surface area contributed by atoms with E-state index in [1.807, 2.05) is 6.07 Å². The van der Waals surface area contributed by atoms with Crippen molar-refractivity contribution in [1.29, 1.82) is 0 Å². The minimum atomic E-state index is -0.362. The Balaban J connectivity index is 2.30. The molecule has 0 saturated heterocycles. The second kappa shape index (κ2) is 4.77. The highest BCUT2D eigenvalue weighted by molar-refractivity contribution is 6.34.